The minimum atomic E-state index is 0.476. The molecule has 0 aliphatic heterocycles. The first-order chi connectivity index (χ1) is 29.2. The molecule has 0 unspecified atom stereocenters. The fraction of sp³-hybridized carbons (Fsp3) is 0. The molecule has 0 N–H and O–H groups in total. The average Bonchev–Trinajstić information content (AvgIpc) is 3.94. The third-order valence-corrected chi connectivity index (χ3v) is 11.2. The van der Waals surface area contributed by atoms with Crippen LogP contribution in [0.2, 0.25) is 0 Å². The van der Waals surface area contributed by atoms with Crippen molar-refractivity contribution in [3.63, 3.8) is 0 Å². The van der Waals surface area contributed by atoms with Crippen LogP contribution in [-0.2, 0) is 0 Å². The Hall–Kier alpha value is -8.02. The Morgan fingerprint density at radius 2 is 0.864 bits per heavy atom. The van der Waals surface area contributed by atoms with Gasteiger partial charge in [-0.2, -0.15) is 0 Å². The molecule has 2 heterocycles. The number of aromatic nitrogens is 3. The van der Waals surface area contributed by atoms with E-state index in [1.165, 1.54) is 43.7 Å². The Labute approximate surface area is 341 Å². The lowest BCUT2D eigenvalue weighted by atomic mass is 9.97. The van der Waals surface area contributed by atoms with E-state index in [1.54, 1.807) is 0 Å². The quantitative estimate of drug-likeness (QED) is 0.155. The smallest absolute Gasteiger partial charge is 0.248 e. The van der Waals surface area contributed by atoms with Crippen molar-refractivity contribution >= 4 is 49.6 Å². The first-order valence-corrected chi connectivity index (χ1v) is 19.8. The summed E-state index contributed by atoms with van der Waals surface area (Å²) < 4.78 is 8.58. The van der Waals surface area contributed by atoms with Gasteiger partial charge in [0.05, 0.1) is 11.0 Å². The lowest BCUT2D eigenvalue weighted by Crippen LogP contribution is -2.09. The van der Waals surface area contributed by atoms with E-state index in [1.807, 2.05) is 30.3 Å². The molecule has 59 heavy (non-hydrogen) atoms. The Balaban J connectivity index is 0.874. The zero-order valence-electron chi connectivity index (χ0n) is 32.0. The van der Waals surface area contributed by atoms with Crippen LogP contribution in [0.25, 0.3) is 83.4 Å². The number of hydrogen-bond donors (Lipinski definition) is 0. The summed E-state index contributed by atoms with van der Waals surface area (Å²) in [7, 11) is 0. The van der Waals surface area contributed by atoms with Crippen molar-refractivity contribution in [3.05, 3.63) is 218 Å². The predicted octanol–water partition coefficient (Wildman–Crippen LogP) is 14.5. The van der Waals surface area contributed by atoms with Crippen LogP contribution in [0.3, 0.4) is 0 Å². The van der Waals surface area contributed by atoms with Crippen LogP contribution in [-0.4, -0.2) is 14.8 Å². The van der Waals surface area contributed by atoms with E-state index in [2.05, 4.69) is 208 Å². The van der Waals surface area contributed by atoms with Gasteiger partial charge in [-0.25, -0.2) is 0 Å². The van der Waals surface area contributed by atoms with E-state index < -0.39 is 0 Å². The van der Waals surface area contributed by atoms with Crippen molar-refractivity contribution in [1.29, 1.82) is 0 Å². The van der Waals surface area contributed by atoms with Gasteiger partial charge in [0.1, 0.15) is 0 Å². The van der Waals surface area contributed by atoms with E-state index >= 15 is 0 Å². The monoisotopic (exact) mass is 756 g/mol. The van der Waals surface area contributed by atoms with Crippen LogP contribution < -0.4 is 4.90 Å². The Morgan fingerprint density at radius 3 is 1.58 bits per heavy atom. The lowest BCUT2D eigenvalue weighted by Gasteiger charge is -2.25. The minimum absolute atomic E-state index is 0.476. The molecule has 0 radical (unpaired) electrons. The molecule has 0 saturated carbocycles. The zero-order chi connectivity index (χ0) is 39.1. The van der Waals surface area contributed by atoms with Crippen LogP contribution in [0.5, 0.6) is 0 Å². The van der Waals surface area contributed by atoms with Gasteiger partial charge >= 0.3 is 0 Å². The van der Waals surface area contributed by atoms with Crippen molar-refractivity contribution in [2.75, 3.05) is 4.90 Å². The molecule has 0 amide bonds. The largest absolute Gasteiger partial charge is 0.416 e. The third-order valence-electron chi connectivity index (χ3n) is 11.2. The molecule has 5 nitrogen and oxygen atoms in total. The van der Waals surface area contributed by atoms with Crippen LogP contribution >= 0.6 is 0 Å². The summed E-state index contributed by atoms with van der Waals surface area (Å²) in [4.78, 5) is 2.26. The van der Waals surface area contributed by atoms with Crippen molar-refractivity contribution in [1.82, 2.24) is 14.8 Å². The molecule has 0 saturated heterocycles. The topological polar surface area (TPSA) is 47.1 Å². The van der Waals surface area contributed by atoms with E-state index in [9.17, 15) is 0 Å². The Kier molecular flexibility index (Phi) is 8.41. The number of nitrogens with zero attached hydrogens (tertiary/aromatic N) is 4. The van der Waals surface area contributed by atoms with Crippen molar-refractivity contribution in [3.8, 4) is 50.8 Å². The predicted molar refractivity (Wildman–Crippen MR) is 243 cm³/mol. The van der Waals surface area contributed by atoms with Gasteiger partial charge in [-0.3, -0.25) is 0 Å². The number of fused-ring (bicyclic) bond motifs is 4. The van der Waals surface area contributed by atoms with Gasteiger partial charge in [0.2, 0.25) is 11.8 Å². The minimum Gasteiger partial charge on any atom is -0.416 e. The van der Waals surface area contributed by atoms with E-state index in [-0.39, 0.29) is 0 Å². The first kappa shape index (κ1) is 34.2. The van der Waals surface area contributed by atoms with Gasteiger partial charge in [0, 0.05) is 44.6 Å². The molecule has 278 valence electrons. The van der Waals surface area contributed by atoms with Gasteiger partial charge < -0.3 is 13.9 Å². The number of anilines is 3. The SMILES string of the molecule is c1ccc(N(c2ccc(-c3ccc4c(c3)c3ccccc3n4-c3ccccc3)cc2)c2ccc(-c3nnc(-c4ccc(-c5cccc6ccccc56)cc4)o3)cc2)cc1. The molecule has 0 spiro atoms. The summed E-state index contributed by atoms with van der Waals surface area (Å²) in [6.45, 7) is 0. The maximum absolute atomic E-state index is 6.23. The van der Waals surface area contributed by atoms with Gasteiger partial charge in [-0.15, -0.1) is 10.2 Å². The lowest BCUT2D eigenvalue weighted by molar-refractivity contribution is 0.584. The average molecular weight is 757 g/mol. The van der Waals surface area contributed by atoms with Crippen LogP contribution in [0.4, 0.5) is 17.1 Å². The highest BCUT2D eigenvalue weighted by Crippen LogP contribution is 2.39. The number of para-hydroxylation sites is 3. The van der Waals surface area contributed by atoms with Crippen molar-refractivity contribution < 1.29 is 4.42 Å². The Bertz CT molecular complexity index is 3240. The second-order valence-corrected chi connectivity index (χ2v) is 14.7. The van der Waals surface area contributed by atoms with E-state index in [0.29, 0.717) is 11.8 Å². The molecule has 9 aromatic carbocycles. The second-order valence-electron chi connectivity index (χ2n) is 14.7. The summed E-state index contributed by atoms with van der Waals surface area (Å²) in [5, 5.41) is 13.8. The normalized spacial score (nSPS) is 11.4. The van der Waals surface area contributed by atoms with Gasteiger partial charge in [0.15, 0.2) is 0 Å². The molecule has 11 rings (SSSR count). The van der Waals surface area contributed by atoms with E-state index in [0.717, 1.165) is 45.0 Å². The summed E-state index contributed by atoms with van der Waals surface area (Å²) in [6, 6.07) is 76.8. The number of benzene rings is 9. The first-order valence-electron chi connectivity index (χ1n) is 19.8. The van der Waals surface area contributed by atoms with Crippen LogP contribution in [0.1, 0.15) is 0 Å². The van der Waals surface area contributed by atoms with Crippen molar-refractivity contribution in [2.45, 2.75) is 0 Å². The zero-order valence-corrected chi connectivity index (χ0v) is 32.0. The van der Waals surface area contributed by atoms with Gasteiger partial charge in [-0.1, -0.05) is 127 Å². The molecule has 0 bridgehead atoms. The van der Waals surface area contributed by atoms with Gasteiger partial charge in [0.25, 0.3) is 0 Å². The molecule has 0 fully saturated rings. The highest BCUT2D eigenvalue weighted by atomic mass is 16.4. The molecule has 11 aromatic rings. The highest BCUT2D eigenvalue weighted by molar-refractivity contribution is 6.10. The molecule has 5 heteroatoms. The number of rotatable bonds is 8. The molecule has 0 atom stereocenters. The molecular weight excluding hydrogens is 721 g/mol. The van der Waals surface area contributed by atoms with E-state index in [4.69, 9.17) is 4.42 Å². The molecule has 0 aliphatic carbocycles. The molecule has 0 aliphatic rings. The van der Waals surface area contributed by atoms with Crippen LogP contribution in [0, 0.1) is 0 Å². The standard InChI is InChI=1S/C54H36N4O/c1-3-14-43(15-4-1)57(45-31-26-37(27-32-45)42-30-35-52-50(36-42)49-19-9-10-21-51(49)58(52)44-16-5-2-6-17-44)46-33-28-41(29-34-46)54-56-55-53(59-54)40-24-22-39(23-25-40)48-20-11-13-38-12-7-8-18-47(38)48/h1-36H. The maximum atomic E-state index is 6.23. The fourth-order valence-corrected chi connectivity index (χ4v) is 8.31. The highest BCUT2D eigenvalue weighted by Gasteiger charge is 2.17. The van der Waals surface area contributed by atoms with Gasteiger partial charge in [-0.05, 0) is 124 Å². The van der Waals surface area contributed by atoms with Crippen LogP contribution in [0.15, 0.2) is 223 Å². The summed E-state index contributed by atoms with van der Waals surface area (Å²) >= 11 is 0. The summed E-state index contributed by atoms with van der Waals surface area (Å²) in [5.74, 6) is 0.963. The summed E-state index contributed by atoms with van der Waals surface area (Å²) in [5.41, 5.74) is 13.1. The van der Waals surface area contributed by atoms with Crippen molar-refractivity contribution in [2.24, 2.45) is 0 Å². The second kappa shape index (κ2) is 14.5. The summed E-state index contributed by atoms with van der Waals surface area (Å²) in [6.07, 6.45) is 0. The maximum Gasteiger partial charge on any atom is 0.248 e. The fourth-order valence-electron chi connectivity index (χ4n) is 8.31. The molecular formula is C54H36N4O. The Morgan fingerprint density at radius 1 is 0.356 bits per heavy atom. The molecule has 2 aromatic heterocycles. The third kappa shape index (κ3) is 6.22. The number of hydrogen-bond acceptors (Lipinski definition) is 4.